The number of aliphatic hydroxyl groups excluding tert-OH is 1. The smallest absolute Gasteiger partial charge is 0.463 e. The summed E-state index contributed by atoms with van der Waals surface area (Å²) in [6, 6.07) is 0. The highest BCUT2D eigenvalue weighted by Crippen LogP contribution is 2.43. The summed E-state index contributed by atoms with van der Waals surface area (Å²) < 4.78 is 27.0. The van der Waals surface area contributed by atoms with Crippen LogP contribution in [-0.4, -0.2) is 74.1 Å². The summed E-state index contributed by atoms with van der Waals surface area (Å²) in [5, 5.41) is 9.82. The molecule has 0 saturated carbocycles. The van der Waals surface area contributed by atoms with E-state index >= 15 is 0 Å². The zero-order chi connectivity index (χ0) is 29.2. The molecule has 0 aromatic rings. The summed E-state index contributed by atoms with van der Waals surface area (Å²) in [5.41, 5.74) is 0. The number of aliphatic hydroxyl groups is 1. The Morgan fingerprint density at radius 2 is 1.23 bits per heavy atom. The molecule has 222 valence electrons. The van der Waals surface area contributed by atoms with E-state index in [2.05, 4.69) is 67.7 Å². The van der Waals surface area contributed by atoms with Crippen molar-refractivity contribution < 1.29 is 37.6 Å². The van der Waals surface area contributed by atoms with Gasteiger partial charge in [-0.1, -0.05) is 79.8 Å². The van der Waals surface area contributed by atoms with E-state index in [1.807, 2.05) is 33.3 Å². The van der Waals surface area contributed by atoms with Crippen LogP contribution in [0.25, 0.3) is 0 Å². The van der Waals surface area contributed by atoms with Crippen LogP contribution in [0.1, 0.15) is 58.3 Å². The van der Waals surface area contributed by atoms with E-state index in [1.165, 1.54) is 0 Å². The molecule has 0 rings (SSSR count). The quantitative estimate of drug-likeness (QED) is 0.0654. The van der Waals surface area contributed by atoms with Gasteiger partial charge in [0, 0.05) is 6.42 Å². The van der Waals surface area contributed by atoms with E-state index in [-0.39, 0.29) is 19.6 Å². The maximum absolute atomic E-state index is 11.8. The number of carbonyl (C=O) groups excluding carboxylic acids is 1. The van der Waals surface area contributed by atoms with Gasteiger partial charge in [0.25, 0.3) is 0 Å². The first-order chi connectivity index (χ1) is 18.6. The van der Waals surface area contributed by atoms with Crippen LogP contribution in [-0.2, 0) is 23.1 Å². The fourth-order valence-electron chi connectivity index (χ4n) is 2.80. The van der Waals surface area contributed by atoms with Crippen molar-refractivity contribution in [2.75, 3.05) is 47.5 Å². The molecule has 0 aliphatic heterocycles. The molecule has 0 aliphatic carbocycles. The molecule has 9 heteroatoms. The minimum Gasteiger partial charge on any atom is -0.463 e. The van der Waals surface area contributed by atoms with Crippen LogP contribution >= 0.6 is 7.82 Å². The number of allylic oxidation sites excluding steroid dienone is 12. The number of phosphoric acid groups is 1. The van der Waals surface area contributed by atoms with Crippen LogP contribution in [0.5, 0.6) is 0 Å². The van der Waals surface area contributed by atoms with Gasteiger partial charge in [0.2, 0.25) is 0 Å². The Bertz CT molecular complexity index is 854. The van der Waals surface area contributed by atoms with Crippen molar-refractivity contribution >= 4 is 13.8 Å². The van der Waals surface area contributed by atoms with Gasteiger partial charge >= 0.3 is 13.8 Å². The summed E-state index contributed by atoms with van der Waals surface area (Å²) >= 11 is 0. The van der Waals surface area contributed by atoms with Crippen molar-refractivity contribution in [3.8, 4) is 0 Å². The van der Waals surface area contributed by atoms with Crippen LogP contribution in [0, 0.1) is 0 Å². The first kappa shape index (κ1) is 36.9. The first-order valence-electron chi connectivity index (χ1n) is 13.7. The lowest BCUT2D eigenvalue weighted by Crippen LogP contribution is -2.37. The highest BCUT2D eigenvalue weighted by molar-refractivity contribution is 7.47. The van der Waals surface area contributed by atoms with E-state index in [1.54, 1.807) is 0 Å². The largest absolute Gasteiger partial charge is 0.472 e. The van der Waals surface area contributed by atoms with Gasteiger partial charge in [0.05, 0.1) is 27.7 Å². The van der Waals surface area contributed by atoms with E-state index < -0.39 is 26.5 Å². The lowest BCUT2D eigenvalue weighted by atomic mass is 10.2. The zero-order valence-corrected chi connectivity index (χ0v) is 25.2. The Labute approximate surface area is 236 Å². The molecule has 0 aromatic carbocycles. The number of likely N-dealkylation sites (N-methyl/N-ethyl adjacent to an activating group) is 1. The molecule has 2 N–H and O–H groups in total. The highest BCUT2D eigenvalue weighted by Gasteiger charge is 2.24. The second-order valence-electron chi connectivity index (χ2n) is 9.90. The maximum atomic E-state index is 11.8. The Morgan fingerprint density at radius 1 is 0.769 bits per heavy atom. The minimum absolute atomic E-state index is 0.0386. The molecule has 0 fully saturated rings. The number of hydrogen-bond donors (Lipinski definition) is 2. The predicted molar refractivity (Wildman–Crippen MR) is 159 cm³/mol. The van der Waals surface area contributed by atoms with E-state index in [4.69, 9.17) is 13.8 Å². The predicted octanol–water partition coefficient (Wildman–Crippen LogP) is 6.21. The van der Waals surface area contributed by atoms with Crippen molar-refractivity contribution in [2.24, 2.45) is 0 Å². The normalized spacial score (nSPS) is 15.5. The van der Waals surface area contributed by atoms with Gasteiger partial charge in [0.15, 0.2) is 0 Å². The van der Waals surface area contributed by atoms with E-state index in [0.717, 1.165) is 38.5 Å². The first-order valence-corrected chi connectivity index (χ1v) is 15.2. The van der Waals surface area contributed by atoms with Crippen molar-refractivity contribution in [2.45, 2.75) is 64.4 Å². The molecule has 0 radical (unpaired) electrons. The molecule has 8 nitrogen and oxygen atoms in total. The Kier molecular flexibility index (Phi) is 22.5. The summed E-state index contributed by atoms with van der Waals surface area (Å²) in [5.74, 6) is -0.458. The van der Waals surface area contributed by atoms with Gasteiger partial charge < -0.3 is 19.2 Å². The number of quaternary nitrogens is 1. The number of nitrogens with zero attached hydrogens (tertiary/aromatic N) is 1. The zero-order valence-electron chi connectivity index (χ0n) is 24.3. The van der Waals surface area contributed by atoms with Gasteiger partial charge in [-0.05, 0) is 44.9 Å². The Morgan fingerprint density at radius 3 is 1.69 bits per heavy atom. The number of carbonyl (C=O) groups is 1. The minimum atomic E-state index is -4.26. The van der Waals surface area contributed by atoms with Crippen molar-refractivity contribution in [3.05, 3.63) is 72.9 Å². The van der Waals surface area contributed by atoms with Gasteiger partial charge in [-0.3, -0.25) is 13.8 Å². The number of esters is 1. The average Bonchev–Trinajstić information content (AvgIpc) is 2.86. The lowest BCUT2D eigenvalue weighted by Gasteiger charge is -2.24. The van der Waals surface area contributed by atoms with Crippen molar-refractivity contribution in [1.29, 1.82) is 0 Å². The van der Waals surface area contributed by atoms with Crippen LogP contribution in [0.4, 0.5) is 0 Å². The van der Waals surface area contributed by atoms with Crippen LogP contribution in [0.15, 0.2) is 72.9 Å². The average molecular weight is 569 g/mol. The monoisotopic (exact) mass is 568 g/mol. The van der Waals surface area contributed by atoms with Crippen LogP contribution in [0.3, 0.4) is 0 Å². The molecule has 0 aliphatic rings. The molecular formula is C30H51NO7P+. The van der Waals surface area contributed by atoms with E-state index in [0.29, 0.717) is 17.4 Å². The highest BCUT2D eigenvalue weighted by atomic mass is 31.2. The SMILES string of the molecule is CC/C=C\C/C=C\C/C=C\C/C=C\C/C=C\C/C=C\CCC(=O)OCC(O)COP(=O)(O)OCC[N+](C)(C)C. The molecule has 2 atom stereocenters. The fraction of sp³-hybridized carbons (Fsp3) is 0.567. The molecular weight excluding hydrogens is 517 g/mol. The Balaban J connectivity index is 3.80. The third-order valence-electron chi connectivity index (χ3n) is 4.99. The standard InChI is InChI=1S/C30H50NO7P/c1-5-6-7-8-9-10-11-12-13-14-15-16-17-18-19-20-21-22-23-24-30(33)36-27-29(32)28-38-39(34,35)37-26-25-31(2,3)4/h6-7,9-10,12-13,15-16,18-19,21-22,29,32H,5,8,11,14,17,20,23-28H2,1-4H3/p+1/b7-6-,10-9-,13-12-,16-15-,19-18-,22-21-. The molecule has 0 bridgehead atoms. The third-order valence-corrected chi connectivity index (χ3v) is 5.98. The van der Waals surface area contributed by atoms with Gasteiger partial charge in [0.1, 0.15) is 25.9 Å². The molecule has 2 unspecified atom stereocenters. The second kappa shape index (κ2) is 23.8. The third kappa shape index (κ3) is 28.8. The molecule has 39 heavy (non-hydrogen) atoms. The summed E-state index contributed by atoms with van der Waals surface area (Å²) in [4.78, 5) is 21.4. The molecule has 0 amide bonds. The fourth-order valence-corrected chi connectivity index (χ4v) is 3.55. The van der Waals surface area contributed by atoms with Gasteiger partial charge in [-0.25, -0.2) is 4.57 Å². The lowest BCUT2D eigenvalue weighted by molar-refractivity contribution is -0.870. The summed E-state index contributed by atoms with van der Waals surface area (Å²) in [7, 11) is 1.51. The second-order valence-corrected chi connectivity index (χ2v) is 11.4. The molecule has 0 heterocycles. The topological polar surface area (TPSA) is 102 Å². The summed E-state index contributed by atoms with van der Waals surface area (Å²) in [6.07, 6.45) is 30.6. The van der Waals surface area contributed by atoms with Crippen molar-refractivity contribution in [1.82, 2.24) is 0 Å². The molecule has 0 saturated heterocycles. The Hall–Kier alpha value is -2.06. The van der Waals surface area contributed by atoms with Crippen LogP contribution < -0.4 is 0 Å². The molecule has 0 spiro atoms. The number of rotatable bonds is 23. The van der Waals surface area contributed by atoms with Crippen molar-refractivity contribution in [3.63, 3.8) is 0 Å². The van der Waals surface area contributed by atoms with Gasteiger partial charge in [-0.2, -0.15) is 0 Å². The van der Waals surface area contributed by atoms with Crippen LogP contribution in [0.2, 0.25) is 0 Å². The number of hydrogen-bond acceptors (Lipinski definition) is 6. The number of ether oxygens (including phenoxy) is 1. The number of phosphoric ester groups is 1. The molecule has 0 aromatic heterocycles. The summed E-state index contributed by atoms with van der Waals surface area (Å²) in [6.45, 7) is 1.90. The van der Waals surface area contributed by atoms with Gasteiger partial charge in [-0.15, -0.1) is 0 Å². The van der Waals surface area contributed by atoms with E-state index in [9.17, 15) is 19.4 Å². The maximum Gasteiger partial charge on any atom is 0.472 e.